The third-order valence-electron chi connectivity index (χ3n) is 2.26. The lowest BCUT2D eigenvalue weighted by molar-refractivity contribution is 0.102. The van der Waals surface area contributed by atoms with Crippen LogP contribution in [0, 0.1) is 6.92 Å². The number of halogens is 2. The Labute approximate surface area is 118 Å². The highest BCUT2D eigenvalue weighted by Crippen LogP contribution is 2.17. The highest BCUT2D eigenvalue weighted by atomic mass is 79.9. The molecule has 0 atom stereocenters. The summed E-state index contributed by atoms with van der Waals surface area (Å²) in [5.74, 6) is -0.237. The molecule has 0 saturated carbocycles. The van der Waals surface area contributed by atoms with E-state index < -0.39 is 0 Å². The van der Waals surface area contributed by atoms with Crippen LogP contribution >= 0.6 is 27.5 Å². The second-order valence-corrected chi connectivity index (χ2v) is 4.83. The van der Waals surface area contributed by atoms with Crippen LogP contribution < -0.4 is 5.32 Å². The summed E-state index contributed by atoms with van der Waals surface area (Å²) in [6.45, 7) is 1.83. The van der Waals surface area contributed by atoms with E-state index >= 15 is 0 Å². The lowest BCUT2D eigenvalue weighted by Crippen LogP contribution is -2.12. The monoisotopic (exact) mass is 325 g/mol. The molecule has 1 N–H and O–H groups in total. The minimum Gasteiger partial charge on any atom is -0.321 e. The van der Waals surface area contributed by atoms with Gasteiger partial charge in [-0.3, -0.25) is 4.79 Å². The normalized spacial score (nSPS) is 10.2. The molecule has 0 aromatic carbocycles. The molecule has 2 heterocycles. The quantitative estimate of drug-likeness (QED) is 0.860. The van der Waals surface area contributed by atoms with Crippen LogP contribution in [0.3, 0.4) is 0 Å². The number of hydrogen-bond donors (Lipinski definition) is 1. The Bertz CT molecular complexity index is 586. The number of nitrogens with one attached hydrogen (secondary N) is 1. The van der Waals surface area contributed by atoms with Gasteiger partial charge in [-0.1, -0.05) is 11.6 Å². The smallest absolute Gasteiger partial charge is 0.257 e. The maximum Gasteiger partial charge on any atom is 0.257 e. The molecule has 0 fully saturated rings. The second kappa shape index (κ2) is 5.46. The van der Waals surface area contributed by atoms with Crippen LogP contribution in [0.15, 0.2) is 35.2 Å². The van der Waals surface area contributed by atoms with Gasteiger partial charge in [0, 0.05) is 6.20 Å². The Kier molecular flexibility index (Phi) is 3.93. The maximum absolute atomic E-state index is 11.9. The van der Waals surface area contributed by atoms with Crippen LogP contribution in [-0.2, 0) is 0 Å². The molecule has 92 valence electrons. The number of pyridine rings is 2. The van der Waals surface area contributed by atoms with Crippen LogP contribution in [0.5, 0.6) is 0 Å². The van der Waals surface area contributed by atoms with Crippen molar-refractivity contribution in [3.63, 3.8) is 0 Å². The van der Waals surface area contributed by atoms with Crippen molar-refractivity contribution in [2.24, 2.45) is 0 Å². The first-order valence-corrected chi connectivity index (χ1v) is 6.28. The molecule has 0 unspecified atom stereocenters. The average molecular weight is 327 g/mol. The van der Waals surface area contributed by atoms with Gasteiger partial charge in [-0.25, -0.2) is 9.97 Å². The van der Waals surface area contributed by atoms with Gasteiger partial charge in [0.1, 0.15) is 9.76 Å². The number of aryl methyl sites for hydroxylation is 1. The number of anilines is 1. The SMILES string of the molecule is Cc1cc(NC(=O)c2ccc(Br)nc2)cnc1Cl. The zero-order chi connectivity index (χ0) is 13.1. The largest absolute Gasteiger partial charge is 0.321 e. The minimum absolute atomic E-state index is 0.237. The lowest BCUT2D eigenvalue weighted by atomic mass is 10.2. The van der Waals surface area contributed by atoms with Crippen molar-refractivity contribution < 1.29 is 4.79 Å². The molecule has 2 rings (SSSR count). The van der Waals surface area contributed by atoms with Gasteiger partial charge in [0.25, 0.3) is 5.91 Å². The number of carbonyl (C=O) groups excluding carboxylic acids is 1. The summed E-state index contributed by atoms with van der Waals surface area (Å²) in [7, 11) is 0. The standard InChI is InChI=1S/C12H9BrClN3O/c1-7-4-9(6-16-11(7)14)17-12(18)8-2-3-10(13)15-5-8/h2-6H,1H3,(H,17,18). The first kappa shape index (κ1) is 13.0. The number of amides is 1. The Morgan fingerprint density at radius 1 is 1.33 bits per heavy atom. The first-order chi connectivity index (χ1) is 8.56. The summed E-state index contributed by atoms with van der Waals surface area (Å²) in [5, 5.41) is 3.16. The van der Waals surface area contributed by atoms with Gasteiger partial charge in [0.05, 0.1) is 17.4 Å². The van der Waals surface area contributed by atoms with E-state index in [1.165, 1.54) is 12.4 Å². The van der Waals surface area contributed by atoms with Gasteiger partial charge in [-0.05, 0) is 46.6 Å². The van der Waals surface area contributed by atoms with Crippen LogP contribution in [0.2, 0.25) is 5.15 Å². The van der Waals surface area contributed by atoms with Crippen LogP contribution in [0.1, 0.15) is 15.9 Å². The Hall–Kier alpha value is -1.46. The van der Waals surface area contributed by atoms with Crippen LogP contribution in [-0.4, -0.2) is 15.9 Å². The fraction of sp³-hybridized carbons (Fsp3) is 0.0833. The van der Waals surface area contributed by atoms with Crippen molar-refractivity contribution in [3.05, 3.63) is 51.5 Å². The summed E-state index contributed by atoms with van der Waals surface area (Å²) in [4.78, 5) is 19.9. The summed E-state index contributed by atoms with van der Waals surface area (Å²) in [6.07, 6.45) is 3.01. The molecule has 0 aliphatic carbocycles. The Balaban J connectivity index is 2.16. The number of aromatic nitrogens is 2. The molecular weight excluding hydrogens is 318 g/mol. The predicted molar refractivity (Wildman–Crippen MR) is 73.9 cm³/mol. The van der Waals surface area contributed by atoms with Gasteiger partial charge in [0.15, 0.2) is 0 Å². The maximum atomic E-state index is 11.9. The fourth-order valence-corrected chi connectivity index (χ4v) is 1.68. The van der Waals surface area contributed by atoms with E-state index in [0.29, 0.717) is 21.0 Å². The Morgan fingerprint density at radius 3 is 2.72 bits per heavy atom. The van der Waals surface area contributed by atoms with E-state index in [0.717, 1.165) is 5.56 Å². The van der Waals surface area contributed by atoms with Gasteiger partial charge >= 0.3 is 0 Å². The molecule has 0 aliphatic heterocycles. The van der Waals surface area contributed by atoms with Crippen molar-refractivity contribution >= 4 is 39.1 Å². The molecule has 1 amide bonds. The Morgan fingerprint density at radius 2 is 2.11 bits per heavy atom. The van der Waals surface area contributed by atoms with E-state index in [4.69, 9.17) is 11.6 Å². The molecule has 18 heavy (non-hydrogen) atoms. The minimum atomic E-state index is -0.237. The topological polar surface area (TPSA) is 54.9 Å². The predicted octanol–water partition coefficient (Wildman–Crippen LogP) is 3.45. The molecule has 4 nitrogen and oxygen atoms in total. The van der Waals surface area contributed by atoms with E-state index in [1.807, 2.05) is 6.92 Å². The summed E-state index contributed by atoms with van der Waals surface area (Å²) in [5.41, 5.74) is 1.89. The lowest BCUT2D eigenvalue weighted by Gasteiger charge is -2.06. The summed E-state index contributed by atoms with van der Waals surface area (Å²) >= 11 is 9.02. The average Bonchev–Trinajstić information content (AvgIpc) is 2.34. The highest BCUT2D eigenvalue weighted by Gasteiger charge is 2.07. The van der Waals surface area contributed by atoms with Crippen molar-refractivity contribution in [3.8, 4) is 0 Å². The number of nitrogens with zero attached hydrogens (tertiary/aromatic N) is 2. The third-order valence-corrected chi connectivity index (χ3v) is 3.13. The molecule has 0 bridgehead atoms. The van der Waals surface area contributed by atoms with E-state index in [9.17, 15) is 4.79 Å². The molecule has 0 radical (unpaired) electrons. The van der Waals surface area contributed by atoms with Crippen LogP contribution in [0.4, 0.5) is 5.69 Å². The summed E-state index contributed by atoms with van der Waals surface area (Å²) in [6, 6.07) is 5.16. The highest BCUT2D eigenvalue weighted by molar-refractivity contribution is 9.10. The molecule has 0 spiro atoms. The molecule has 2 aromatic rings. The zero-order valence-corrected chi connectivity index (χ0v) is 11.8. The number of carbonyl (C=O) groups is 1. The molecule has 2 aromatic heterocycles. The summed E-state index contributed by atoms with van der Waals surface area (Å²) < 4.78 is 0.683. The van der Waals surface area contributed by atoms with Crippen molar-refractivity contribution in [2.75, 3.05) is 5.32 Å². The number of rotatable bonds is 2. The molecule has 0 saturated heterocycles. The van der Waals surface area contributed by atoms with Crippen LogP contribution in [0.25, 0.3) is 0 Å². The van der Waals surface area contributed by atoms with E-state index in [-0.39, 0.29) is 5.91 Å². The molecular formula is C12H9BrClN3O. The second-order valence-electron chi connectivity index (χ2n) is 3.66. The van der Waals surface area contributed by atoms with Gasteiger partial charge < -0.3 is 5.32 Å². The zero-order valence-electron chi connectivity index (χ0n) is 9.45. The third kappa shape index (κ3) is 3.05. The van der Waals surface area contributed by atoms with Gasteiger partial charge in [-0.15, -0.1) is 0 Å². The fourth-order valence-electron chi connectivity index (χ4n) is 1.34. The number of hydrogen-bond acceptors (Lipinski definition) is 3. The van der Waals surface area contributed by atoms with Gasteiger partial charge in [-0.2, -0.15) is 0 Å². The van der Waals surface area contributed by atoms with Crippen molar-refractivity contribution in [2.45, 2.75) is 6.92 Å². The van der Waals surface area contributed by atoms with Crippen molar-refractivity contribution in [1.29, 1.82) is 0 Å². The first-order valence-electron chi connectivity index (χ1n) is 5.11. The van der Waals surface area contributed by atoms with E-state index in [2.05, 4.69) is 31.2 Å². The molecule has 6 heteroatoms. The van der Waals surface area contributed by atoms with Crippen molar-refractivity contribution in [1.82, 2.24) is 9.97 Å². The van der Waals surface area contributed by atoms with E-state index in [1.54, 1.807) is 18.2 Å². The molecule has 0 aliphatic rings. The van der Waals surface area contributed by atoms with Gasteiger partial charge in [0.2, 0.25) is 0 Å².